The summed E-state index contributed by atoms with van der Waals surface area (Å²) in [5.41, 5.74) is 1.86. The molecule has 2 rings (SSSR count). The molecule has 4 nitrogen and oxygen atoms in total. The minimum Gasteiger partial charge on any atom is -0.368 e. The summed E-state index contributed by atoms with van der Waals surface area (Å²) in [7, 11) is 0. The first-order valence-corrected chi connectivity index (χ1v) is 7.67. The molecule has 1 aliphatic rings. The number of carbonyl (C=O) groups is 2. The van der Waals surface area contributed by atoms with Gasteiger partial charge in [-0.25, -0.2) is 0 Å². The number of hydrogen-bond acceptors (Lipinski definition) is 3. The summed E-state index contributed by atoms with van der Waals surface area (Å²) in [6.45, 7) is 8.87. The van der Waals surface area contributed by atoms with Crippen molar-refractivity contribution in [1.29, 1.82) is 0 Å². The Balaban J connectivity index is 1.94. The number of anilines is 1. The lowest BCUT2D eigenvalue weighted by Gasteiger charge is -2.37. The quantitative estimate of drug-likeness (QED) is 0.800. The van der Waals surface area contributed by atoms with Crippen LogP contribution >= 0.6 is 0 Å². The summed E-state index contributed by atoms with van der Waals surface area (Å²) in [5, 5.41) is 0. The first-order valence-electron chi connectivity index (χ1n) is 7.67. The van der Waals surface area contributed by atoms with Crippen LogP contribution in [0.4, 0.5) is 5.69 Å². The maximum Gasteiger partial charge on any atom is 0.225 e. The molecule has 1 heterocycles. The van der Waals surface area contributed by atoms with Crippen molar-refractivity contribution in [2.24, 2.45) is 5.92 Å². The normalized spacial score (nSPS) is 16.7. The zero-order valence-corrected chi connectivity index (χ0v) is 13.1. The summed E-state index contributed by atoms with van der Waals surface area (Å²) in [5.74, 6) is 0.473. The van der Waals surface area contributed by atoms with Gasteiger partial charge in [-0.2, -0.15) is 0 Å². The lowest BCUT2D eigenvalue weighted by Crippen LogP contribution is -2.50. The smallest absolute Gasteiger partial charge is 0.225 e. The molecular formula is C17H24N2O2. The first-order chi connectivity index (χ1) is 10.0. The van der Waals surface area contributed by atoms with E-state index >= 15 is 0 Å². The zero-order chi connectivity index (χ0) is 15.4. The first kappa shape index (κ1) is 15.5. The van der Waals surface area contributed by atoms with Gasteiger partial charge in [-0.3, -0.25) is 9.59 Å². The van der Waals surface area contributed by atoms with Gasteiger partial charge in [0.25, 0.3) is 0 Å². The van der Waals surface area contributed by atoms with Gasteiger partial charge < -0.3 is 9.80 Å². The van der Waals surface area contributed by atoms with E-state index in [1.54, 1.807) is 6.92 Å². The molecule has 0 radical (unpaired) electrons. The van der Waals surface area contributed by atoms with Crippen LogP contribution in [-0.4, -0.2) is 42.8 Å². The molecule has 1 aliphatic heterocycles. The Morgan fingerprint density at radius 2 is 1.67 bits per heavy atom. The maximum atomic E-state index is 12.2. The third kappa shape index (κ3) is 3.63. The maximum absolute atomic E-state index is 12.2. The van der Waals surface area contributed by atoms with E-state index in [4.69, 9.17) is 0 Å². The third-order valence-electron chi connectivity index (χ3n) is 4.26. The van der Waals surface area contributed by atoms with Crippen molar-refractivity contribution in [2.75, 3.05) is 31.1 Å². The Morgan fingerprint density at radius 1 is 1.10 bits per heavy atom. The van der Waals surface area contributed by atoms with Crippen molar-refractivity contribution >= 4 is 17.4 Å². The van der Waals surface area contributed by atoms with Gasteiger partial charge in [0, 0.05) is 43.3 Å². The fourth-order valence-electron chi connectivity index (χ4n) is 2.58. The molecule has 0 unspecified atom stereocenters. The minimum atomic E-state index is 0.0884. The lowest BCUT2D eigenvalue weighted by atomic mass is 10.1. The highest BCUT2D eigenvalue weighted by molar-refractivity contribution is 5.94. The predicted molar refractivity (Wildman–Crippen MR) is 84.7 cm³/mol. The molecule has 1 aromatic rings. The van der Waals surface area contributed by atoms with Crippen LogP contribution in [0.1, 0.15) is 37.6 Å². The second-order valence-corrected chi connectivity index (χ2v) is 5.72. The minimum absolute atomic E-state index is 0.0884. The number of piperazine rings is 1. The number of rotatable bonds is 4. The highest BCUT2D eigenvalue weighted by Crippen LogP contribution is 2.18. The molecule has 4 heteroatoms. The summed E-state index contributed by atoms with van der Waals surface area (Å²) in [4.78, 5) is 27.7. The number of hydrogen-bond donors (Lipinski definition) is 0. The number of Topliss-reactive ketones (excluding diaryl/α,β-unsaturated/α-hetero) is 1. The van der Waals surface area contributed by atoms with E-state index in [9.17, 15) is 9.59 Å². The number of amides is 1. The summed E-state index contributed by atoms with van der Waals surface area (Å²) in [6, 6.07) is 7.72. The van der Waals surface area contributed by atoms with Crippen molar-refractivity contribution in [1.82, 2.24) is 4.90 Å². The van der Waals surface area contributed by atoms with Crippen molar-refractivity contribution in [3.63, 3.8) is 0 Å². The molecule has 0 spiro atoms. The average Bonchev–Trinajstić information content (AvgIpc) is 2.53. The molecule has 1 saturated heterocycles. The summed E-state index contributed by atoms with van der Waals surface area (Å²) >= 11 is 0. The van der Waals surface area contributed by atoms with Crippen LogP contribution < -0.4 is 4.90 Å². The van der Waals surface area contributed by atoms with Crippen LogP contribution in [-0.2, 0) is 4.79 Å². The van der Waals surface area contributed by atoms with E-state index in [2.05, 4.69) is 11.8 Å². The van der Waals surface area contributed by atoms with Gasteiger partial charge in [0.05, 0.1) is 0 Å². The lowest BCUT2D eigenvalue weighted by molar-refractivity contribution is -0.135. The second kappa shape index (κ2) is 6.74. The molecule has 1 atom stereocenters. The van der Waals surface area contributed by atoms with Crippen LogP contribution in [0, 0.1) is 5.92 Å². The molecule has 0 N–H and O–H groups in total. The molecular weight excluding hydrogens is 264 g/mol. The van der Waals surface area contributed by atoms with Gasteiger partial charge in [-0.1, -0.05) is 13.8 Å². The highest BCUT2D eigenvalue weighted by atomic mass is 16.2. The summed E-state index contributed by atoms with van der Waals surface area (Å²) < 4.78 is 0. The second-order valence-electron chi connectivity index (χ2n) is 5.72. The molecule has 114 valence electrons. The highest BCUT2D eigenvalue weighted by Gasteiger charge is 2.24. The van der Waals surface area contributed by atoms with Gasteiger partial charge in [-0.05, 0) is 37.6 Å². The van der Waals surface area contributed by atoms with Crippen LogP contribution in [0.3, 0.4) is 0 Å². The molecule has 0 aliphatic carbocycles. The SMILES string of the molecule is CC[C@@H](C)C(=O)N1CCN(c2ccc(C(C)=O)cc2)CC1. The predicted octanol–water partition coefficient (Wildman–Crippen LogP) is 2.58. The summed E-state index contributed by atoms with van der Waals surface area (Å²) in [6.07, 6.45) is 0.894. The third-order valence-corrected chi connectivity index (χ3v) is 4.26. The van der Waals surface area contributed by atoms with E-state index in [1.807, 2.05) is 36.1 Å². The number of benzene rings is 1. The van der Waals surface area contributed by atoms with Crippen LogP contribution in [0.25, 0.3) is 0 Å². The zero-order valence-electron chi connectivity index (χ0n) is 13.1. The van der Waals surface area contributed by atoms with Crippen molar-refractivity contribution in [3.8, 4) is 0 Å². The standard InChI is InChI=1S/C17H24N2O2/c1-4-13(2)17(21)19-11-9-18(10-12-19)16-7-5-15(6-8-16)14(3)20/h5-8,13H,4,9-12H2,1-3H3/t13-/m1/s1. The van der Waals surface area contributed by atoms with Crippen molar-refractivity contribution < 1.29 is 9.59 Å². The Bertz CT molecular complexity index is 502. The molecule has 0 saturated carbocycles. The van der Waals surface area contributed by atoms with Crippen molar-refractivity contribution in [2.45, 2.75) is 27.2 Å². The van der Waals surface area contributed by atoms with Gasteiger partial charge in [-0.15, -0.1) is 0 Å². The Kier molecular flexibility index (Phi) is 4.99. The number of carbonyl (C=O) groups excluding carboxylic acids is 2. The Labute approximate surface area is 126 Å². The monoisotopic (exact) mass is 288 g/mol. The molecule has 1 aromatic carbocycles. The molecule has 1 fully saturated rings. The van der Waals surface area contributed by atoms with E-state index in [0.717, 1.165) is 43.9 Å². The average molecular weight is 288 g/mol. The van der Waals surface area contributed by atoms with Crippen molar-refractivity contribution in [3.05, 3.63) is 29.8 Å². The topological polar surface area (TPSA) is 40.6 Å². The van der Waals surface area contributed by atoms with E-state index < -0.39 is 0 Å². The fraction of sp³-hybridized carbons (Fsp3) is 0.529. The van der Waals surface area contributed by atoms with E-state index in [-0.39, 0.29) is 17.6 Å². The molecule has 0 aromatic heterocycles. The fourth-order valence-corrected chi connectivity index (χ4v) is 2.58. The Hall–Kier alpha value is -1.84. The van der Waals surface area contributed by atoms with Crippen LogP contribution in [0.2, 0.25) is 0 Å². The van der Waals surface area contributed by atoms with Gasteiger partial charge in [0.15, 0.2) is 5.78 Å². The molecule has 1 amide bonds. The van der Waals surface area contributed by atoms with E-state index in [0.29, 0.717) is 0 Å². The van der Waals surface area contributed by atoms with E-state index in [1.165, 1.54) is 0 Å². The van der Waals surface area contributed by atoms with Gasteiger partial charge >= 0.3 is 0 Å². The number of nitrogens with zero attached hydrogens (tertiary/aromatic N) is 2. The molecule has 21 heavy (non-hydrogen) atoms. The van der Waals surface area contributed by atoms with Gasteiger partial charge in [0.2, 0.25) is 5.91 Å². The van der Waals surface area contributed by atoms with Crippen LogP contribution in [0.15, 0.2) is 24.3 Å². The number of ketones is 1. The Morgan fingerprint density at radius 3 is 2.14 bits per heavy atom. The van der Waals surface area contributed by atoms with Crippen LogP contribution in [0.5, 0.6) is 0 Å². The molecule has 0 bridgehead atoms. The largest absolute Gasteiger partial charge is 0.368 e. The van der Waals surface area contributed by atoms with Gasteiger partial charge in [0.1, 0.15) is 0 Å².